The summed E-state index contributed by atoms with van der Waals surface area (Å²) in [4.78, 5) is 1.65. The van der Waals surface area contributed by atoms with Crippen LogP contribution in [0.2, 0.25) is 0 Å². The molecule has 0 heterocycles. The summed E-state index contributed by atoms with van der Waals surface area (Å²) in [6.07, 6.45) is 0. The van der Waals surface area contributed by atoms with E-state index in [-0.39, 0.29) is 4.90 Å². The molecule has 113 valence electrons. The van der Waals surface area contributed by atoms with E-state index in [0.717, 1.165) is 5.69 Å². The number of anilines is 1. The summed E-state index contributed by atoms with van der Waals surface area (Å²) >= 11 is 0. The first-order valence-electron chi connectivity index (χ1n) is 6.21. The van der Waals surface area contributed by atoms with Gasteiger partial charge in [0.1, 0.15) is 0 Å². The Bertz CT molecular complexity index is 884. The molecule has 1 radical (unpaired) electrons. The van der Waals surface area contributed by atoms with Gasteiger partial charge >= 0.3 is 0 Å². The highest BCUT2D eigenvalue weighted by atomic mass is 33.2. The molecule has 7 heteroatoms. The third kappa shape index (κ3) is 2.51. The zero-order valence-corrected chi connectivity index (χ0v) is 13.6. The van der Waals surface area contributed by atoms with Crippen molar-refractivity contribution >= 4 is 34.2 Å². The van der Waals surface area contributed by atoms with Crippen molar-refractivity contribution in [3.05, 3.63) is 42.2 Å². The molecule has 0 aliphatic heterocycles. The van der Waals surface area contributed by atoms with Crippen molar-refractivity contribution in [2.75, 3.05) is 19.0 Å². The first-order valence-corrected chi connectivity index (χ1v) is 9.75. The predicted octanol–water partition coefficient (Wildman–Crippen LogP) is 2.19. The molecule has 0 fully saturated rings. The monoisotopic (exact) mass is 326 g/mol. The van der Waals surface area contributed by atoms with Crippen LogP contribution in [-0.2, 0) is 17.7 Å². The lowest BCUT2D eigenvalue weighted by molar-refractivity contribution is 0.586. The maximum atomic E-state index is 12.3. The van der Waals surface area contributed by atoms with Gasteiger partial charge in [-0.3, -0.25) is 0 Å². The topological polar surface area (TPSA) is 71.5 Å². The molecule has 0 amide bonds. The minimum Gasteiger partial charge on any atom is -0.377 e. The quantitative estimate of drug-likeness (QED) is 0.805. The van der Waals surface area contributed by atoms with Crippen molar-refractivity contribution in [2.45, 2.75) is 11.8 Å². The van der Waals surface area contributed by atoms with E-state index >= 15 is 0 Å². The summed E-state index contributed by atoms with van der Waals surface area (Å²) < 4.78 is 48.4. The van der Waals surface area contributed by atoms with Crippen LogP contribution in [0.1, 0.15) is 6.92 Å². The van der Waals surface area contributed by atoms with Crippen LogP contribution in [0.25, 0.3) is 10.8 Å². The summed E-state index contributed by atoms with van der Waals surface area (Å²) in [5, 5.41) is 1.09. The summed E-state index contributed by atoms with van der Waals surface area (Å²) in [5.41, 5.74) is 0.822. The van der Waals surface area contributed by atoms with Gasteiger partial charge in [-0.1, -0.05) is 24.3 Å². The SMILES string of the molecule is C[CH]S(=O)(=O)S(=O)(=O)c1cccc2c(N(C)C)cccc12. The zero-order chi connectivity index (χ0) is 15.8. The summed E-state index contributed by atoms with van der Waals surface area (Å²) in [5.74, 6) is 0.705. The molecule has 0 aliphatic rings. The molecule has 0 unspecified atom stereocenters. The molecule has 5 nitrogen and oxygen atoms in total. The first-order chi connectivity index (χ1) is 9.72. The van der Waals surface area contributed by atoms with Crippen molar-refractivity contribution in [1.82, 2.24) is 0 Å². The van der Waals surface area contributed by atoms with E-state index in [9.17, 15) is 16.8 Å². The fourth-order valence-electron chi connectivity index (χ4n) is 2.12. The van der Waals surface area contributed by atoms with Crippen molar-refractivity contribution in [2.24, 2.45) is 0 Å². The van der Waals surface area contributed by atoms with Gasteiger partial charge in [-0.25, -0.2) is 16.8 Å². The lowest BCUT2D eigenvalue weighted by atomic mass is 10.1. The van der Waals surface area contributed by atoms with Gasteiger partial charge in [0.05, 0.1) is 10.6 Å². The highest BCUT2D eigenvalue weighted by molar-refractivity contribution is 8.68. The van der Waals surface area contributed by atoms with Crippen LogP contribution in [0.4, 0.5) is 5.69 Å². The molecule has 0 atom stereocenters. The molecular weight excluding hydrogens is 310 g/mol. The number of hydrogen-bond acceptors (Lipinski definition) is 5. The van der Waals surface area contributed by atoms with Gasteiger partial charge < -0.3 is 4.90 Å². The van der Waals surface area contributed by atoms with E-state index in [1.807, 2.05) is 25.1 Å². The summed E-state index contributed by atoms with van der Waals surface area (Å²) in [6, 6.07) is 9.80. The lowest BCUT2D eigenvalue weighted by Crippen LogP contribution is -2.15. The van der Waals surface area contributed by atoms with Gasteiger partial charge in [0.2, 0.25) is 0 Å². The highest BCUT2D eigenvalue weighted by Gasteiger charge is 2.31. The Morgan fingerprint density at radius 3 is 2.05 bits per heavy atom. The van der Waals surface area contributed by atoms with Crippen LogP contribution in [-0.4, -0.2) is 30.9 Å². The number of rotatable bonds is 4. The fourth-order valence-corrected chi connectivity index (χ4v) is 5.27. The average Bonchev–Trinajstić information content (AvgIpc) is 2.45. The molecule has 2 aromatic rings. The molecule has 0 aliphatic carbocycles. The number of benzene rings is 2. The standard InChI is InChI=1S/C14H16NO4S2/c1-4-20(16,17)21(18,19)14-10-6-7-11-12(14)8-5-9-13(11)15(2)3/h4-10H,1-3H3. The number of hydrogen-bond donors (Lipinski definition) is 0. The maximum Gasteiger partial charge on any atom is 0.282 e. The second-order valence-electron chi connectivity index (χ2n) is 4.71. The second-order valence-corrected chi connectivity index (χ2v) is 10.2. The predicted molar refractivity (Wildman–Crippen MR) is 84.4 cm³/mol. The van der Waals surface area contributed by atoms with E-state index in [2.05, 4.69) is 0 Å². The largest absolute Gasteiger partial charge is 0.377 e. The van der Waals surface area contributed by atoms with Crippen LogP contribution in [0, 0.1) is 5.75 Å². The average molecular weight is 326 g/mol. The molecule has 0 spiro atoms. The van der Waals surface area contributed by atoms with Gasteiger partial charge in [0.25, 0.3) is 17.7 Å². The molecule has 0 N–H and O–H groups in total. The van der Waals surface area contributed by atoms with Gasteiger partial charge in [-0.05, 0) is 19.1 Å². The van der Waals surface area contributed by atoms with E-state index in [1.54, 1.807) is 24.3 Å². The molecular formula is C14H16NO4S2. The van der Waals surface area contributed by atoms with Gasteiger partial charge in [-0.2, -0.15) is 0 Å². The minimum atomic E-state index is -4.46. The molecule has 0 saturated heterocycles. The Morgan fingerprint density at radius 2 is 1.48 bits per heavy atom. The van der Waals surface area contributed by atoms with Crippen LogP contribution in [0.15, 0.2) is 41.3 Å². The van der Waals surface area contributed by atoms with Gasteiger partial charge in [0, 0.05) is 30.6 Å². The van der Waals surface area contributed by atoms with E-state index in [0.29, 0.717) is 16.5 Å². The van der Waals surface area contributed by atoms with Crippen molar-refractivity contribution in [1.29, 1.82) is 0 Å². The molecule has 0 saturated carbocycles. The summed E-state index contributed by atoms with van der Waals surface area (Å²) in [6.45, 7) is 1.20. The van der Waals surface area contributed by atoms with Crippen molar-refractivity contribution in [3.8, 4) is 0 Å². The molecule has 0 bridgehead atoms. The molecule has 21 heavy (non-hydrogen) atoms. The van der Waals surface area contributed by atoms with Crippen LogP contribution >= 0.6 is 0 Å². The Labute approximate surface area is 124 Å². The number of fused-ring (bicyclic) bond motifs is 1. The molecule has 0 aromatic heterocycles. The zero-order valence-electron chi connectivity index (χ0n) is 11.9. The fraction of sp³-hybridized carbons (Fsp3) is 0.214. The second kappa shape index (κ2) is 5.31. The third-order valence-electron chi connectivity index (χ3n) is 3.20. The minimum absolute atomic E-state index is 0.193. The smallest absolute Gasteiger partial charge is 0.282 e. The Morgan fingerprint density at radius 1 is 0.905 bits per heavy atom. The first kappa shape index (κ1) is 15.8. The van der Waals surface area contributed by atoms with Crippen molar-refractivity contribution in [3.63, 3.8) is 0 Å². The van der Waals surface area contributed by atoms with E-state index in [1.165, 1.54) is 13.0 Å². The third-order valence-corrected chi connectivity index (χ3v) is 8.24. The van der Waals surface area contributed by atoms with Crippen LogP contribution in [0.3, 0.4) is 0 Å². The van der Waals surface area contributed by atoms with E-state index in [4.69, 9.17) is 0 Å². The van der Waals surface area contributed by atoms with Gasteiger partial charge in [-0.15, -0.1) is 0 Å². The molecule has 2 aromatic carbocycles. The van der Waals surface area contributed by atoms with E-state index < -0.39 is 17.7 Å². The normalized spacial score (nSPS) is 12.5. The Hall–Kier alpha value is -1.60. The Balaban J connectivity index is 2.88. The Kier molecular flexibility index (Phi) is 3.99. The van der Waals surface area contributed by atoms with Crippen molar-refractivity contribution < 1.29 is 16.8 Å². The molecule has 2 rings (SSSR count). The summed E-state index contributed by atoms with van der Waals surface area (Å²) in [7, 11) is -5.12. The highest BCUT2D eigenvalue weighted by Crippen LogP contribution is 2.32. The van der Waals surface area contributed by atoms with Crippen LogP contribution in [0.5, 0.6) is 0 Å². The van der Waals surface area contributed by atoms with Crippen LogP contribution < -0.4 is 4.90 Å². The lowest BCUT2D eigenvalue weighted by Gasteiger charge is -2.16. The van der Waals surface area contributed by atoms with Gasteiger partial charge in [0.15, 0.2) is 0 Å². The number of nitrogens with zero attached hydrogens (tertiary/aromatic N) is 1. The maximum absolute atomic E-state index is 12.3.